The minimum absolute atomic E-state index is 0.104. The number of aliphatic imine (C=N–C) groups is 1. The van der Waals surface area contributed by atoms with E-state index in [9.17, 15) is 18.0 Å². The number of nitrogens with zero attached hydrogens (tertiary/aromatic N) is 1. The second-order valence-electron chi connectivity index (χ2n) is 3.06. The molecule has 0 saturated carbocycles. The minimum Gasteiger partial charge on any atom is -0.400 e. The Morgan fingerprint density at radius 3 is 2.37 bits per heavy atom. The molecule has 0 spiro atoms. The number of carbonyl (C=O) groups excluding carboxylic acids is 1. The van der Waals surface area contributed by atoms with Crippen molar-refractivity contribution in [2.24, 2.45) is 10.7 Å². The summed E-state index contributed by atoms with van der Waals surface area (Å²) in [5.41, 5.74) is 4.95. The van der Waals surface area contributed by atoms with Crippen LogP contribution in [0.2, 0.25) is 0 Å². The molecule has 1 amide bonds. The molecule has 0 bridgehead atoms. The number of rotatable bonds is 3. The fraction of sp³-hybridized carbons (Fsp3) is 0.600. The third-order valence-electron chi connectivity index (χ3n) is 1.63. The summed E-state index contributed by atoms with van der Waals surface area (Å²) >= 11 is 0. The van der Waals surface area contributed by atoms with E-state index in [1.165, 1.54) is 7.05 Å². The molecule has 0 atom stereocenters. The average Bonchev–Trinajstić information content (AvgIpc) is 2.78. The molecule has 1 heterocycles. The van der Waals surface area contributed by atoms with Gasteiger partial charge in [-0.3, -0.25) is 4.79 Å². The van der Waals surface area contributed by atoms with Gasteiger partial charge in [0.15, 0.2) is 11.7 Å². The van der Waals surface area contributed by atoms with Crippen LogP contribution in [0.15, 0.2) is 17.0 Å². The number of hydrogen-bond donors (Lipinski definition) is 3. The first-order chi connectivity index (χ1) is 8.93. The molecule has 1 rings (SSSR count). The van der Waals surface area contributed by atoms with Gasteiger partial charge in [0.1, 0.15) is 6.61 Å². The molecule has 1 aliphatic rings. The maximum atomic E-state index is 12.4. The molecule has 9 heteroatoms. The third kappa shape index (κ3) is 11.2. The third-order valence-corrected chi connectivity index (χ3v) is 1.63. The van der Waals surface area contributed by atoms with Gasteiger partial charge >= 0.3 is 0 Å². The lowest BCUT2D eigenvalue weighted by Crippen LogP contribution is -2.14. The number of nitrogens with one attached hydrogen (secondary N) is 1. The Kier molecular flexibility index (Phi) is 11.9. The van der Waals surface area contributed by atoms with Crippen LogP contribution in [0.4, 0.5) is 13.2 Å². The normalized spacial score (nSPS) is 17.6. The first-order valence-electron chi connectivity index (χ1n) is 5.13. The Hall–Kier alpha value is -1.61. The van der Waals surface area contributed by atoms with Gasteiger partial charge in [-0.1, -0.05) is 0 Å². The van der Waals surface area contributed by atoms with Gasteiger partial charge in [-0.05, 0) is 0 Å². The largest absolute Gasteiger partial charge is 0.400 e. The van der Waals surface area contributed by atoms with Crippen LogP contribution in [0.3, 0.4) is 0 Å². The molecule has 19 heavy (non-hydrogen) atoms. The number of hydrogen-bond acceptors (Lipinski definition) is 4. The quantitative estimate of drug-likeness (QED) is 0.390. The highest BCUT2D eigenvalue weighted by atomic mass is 19.3. The van der Waals surface area contributed by atoms with Crippen molar-refractivity contribution in [3.05, 3.63) is 12.0 Å². The maximum Gasteiger partial charge on any atom is 0.273 e. The van der Waals surface area contributed by atoms with Crippen LogP contribution >= 0.6 is 0 Å². The van der Waals surface area contributed by atoms with E-state index in [1.807, 2.05) is 0 Å². The lowest BCUT2D eigenvalue weighted by molar-refractivity contribution is -0.106. The summed E-state index contributed by atoms with van der Waals surface area (Å²) in [6.45, 7) is -0.167. The van der Waals surface area contributed by atoms with Crippen molar-refractivity contribution in [1.82, 2.24) is 5.32 Å². The smallest absolute Gasteiger partial charge is 0.273 e. The molecule has 0 aromatic heterocycles. The molecule has 1 aliphatic heterocycles. The van der Waals surface area contributed by atoms with Crippen LogP contribution in [-0.2, 0) is 9.53 Å². The van der Waals surface area contributed by atoms with Crippen LogP contribution in [0, 0.1) is 0 Å². The second-order valence-corrected chi connectivity index (χ2v) is 3.06. The summed E-state index contributed by atoms with van der Waals surface area (Å²) in [6, 6.07) is 0. The molecule has 1 fully saturated rings. The molecule has 6 nitrogen and oxygen atoms in total. The van der Waals surface area contributed by atoms with E-state index in [0.29, 0.717) is 0 Å². The lowest BCUT2D eigenvalue weighted by Gasteiger charge is -2.00. The van der Waals surface area contributed by atoms with E-state index in [0.717, 1.165) is 13.3 Å². The summed E-state index contributed by atoms with van der Waals surface area (Å²) in [5.74, 6) is -3.71. The Labute approximate surface area is 109 Å². The molecule has 4 N–H and O–H groups in total. The Morgan fingerprint density at radius 2 is 2.11 bits per heavy atom. The van der Waals surface area contributed by atoms with Crippen molar-refractivity contribution in [3.8, 4) is 0 Å². The van der Waals surface area contributed by atoms with E-state index < -0.39 is 17.6 Å². The monoisotopic (exact) mass is 285 g/mol. The fourth-order valence-electron chi connectivity index (χ4n) is 0.834. The van der Waals surface area contributed by atoms with Gasteiger partial charge in [0.05, 0.1) is 6.61 Å². The highest BCUT2D eigenvalue weighted by Crippen LogP contribution is 2.23. The van der Waals surface area contributed by atoms with Crippen LogP contribution in [0.1, 0.15) is 6.42 Å². The fourth-order valence-corrected chi connectivity index (χ4v) is 0.834. The predicted octanol–water partition coefficient (Wildman–Crippen LogP) is 0.181. The van der Waals surface area contributed by atoms with Crippen molar-refractivity contribution in [1.29, 1.82) is 0 Å². The number of halogens is 3. The second kappa shape index (κ2) is 11.5. The molecular weight excluding hydrogens is 267 g/mol. The number of carbonyl (C=O) groups is 1. The minimum atomic E-state index is -2.53. The molecule has 0 unspecified atom stereocenters. The highest BCUT2D eigenvalue weighted by molar-refractivity contribution is 5.98. The molecule has 0 aliphatic carbocycles. The van der Waals surface area contributed by atoms with Crippen LogP contribution in [0.5, 0.6) is 0 Å². The zero-order valence-corrected chi connectivity index (χ0v) is 10.7. The SMILES string of the molecule is CN/C=C(/F)C(N)=NC=O.CO.FC1(F)CCOC1. The van der Waals surface area contributed by atoms with Gasteiger partial charge in [-0.25, -0.2) is 13.2 Å². The standard InChI is InChI=1S/C5H8FN3O.C4H6F2O.CH4O/c1-8-2-4(6)5(7)9-3-10;5-4(6)1-2-7-3-4;1-2/h2-3,8H,1H3,(H2,7,9,10);1-3H2;2H,1H3/b4-2+;;. The number of nitrogens with two attached hydrogens (primary N) is 1. The van der Waals surface area contributed by atoms with E-state index in [2.05, 4.69) is 15.0 Å². The highest BCUT2D eigenvalue weighted by Gasteiger charge is 2.33. The van der Waals surface area contributed by atoms with Crippen LogP contribution in [0.25, 0.3) is 0 Å². The van der Waals surface area contributed by atoms with E-state index in [-0.39, 0.29) is 26.0 Å². The average molecular weight is 285 g/mol. The number of alkyl halides is 2. The topological polar surface area (TPSA) is 96.9 Å². The maximum absolute atomic E-state index is 12.4. The lowest BCUT2D eigenvalue weighted by atomic mass is 10.3. The van der Waals surface area contributed by atoms with Crippen molar-refractivity contribution < 1.29 is 27.8 Å². The van der Waals surface area contributed by atoms with Gasteiger partial charge in [0.2, 0.25) is 6.41 Å². The van der Waals surface area contributed by atoms with Crippen molar-refractivity contribution in [2.45, 2.75) is 12.3 Å². The van der Waals surface area contributed by atoms with E-state index in [1.54, 1.807) is 0 Å². The predicted molar refractivity (Wildman–Crippen MR) is 64.5 cm³/mol. The van der Waals surface area contributed by atoms with Gasteiger partial charge in [0.25, 0.3) is 5.92 Å². The van der Waals surface area contributed by atoms with Gasteiger partial charge in [-0.2, -0.15) is 4.99 Å². The summed E-state index contributed by atoms with van der Waals surface area (Å²) in [6.07, 6.45) is 1.08. The van der Waals surface area contributed by atoms with Gasteiger partial charge in [0, 0.05) is 26.8 Å². The van der Waals surface area contributed by atoms with Crippen LogP contribution in [-0.4, -0.2) is 50.6 Å². The Bertz CT molecular complexity index is 302. The van der Waals surface area contributed by atoms with Gasteiger partial charge in [-0.15, -0.1) is 0 Å². The molecule has 1 saturated heterocycles. The van der Waals surface area contributed by atoms with Crippen molar-refractivity contribution in [3.63, 3.8) is 0 Å². The first-order valence-corrected chi connectivity index (χ1v) is 5.13. The molecule has 112 valence electrons. The summed E-state index contributed by atoms with van der Waals surface area (Å²) in [4.78, 5) is 12.6. The Morgan fingerprint density at radius 1 is 1.53 bits per heavy atom. The van der Waals surface area contributed by atoms with Crippen molar-refractivity contribution >= 4 is 12.2 Å². The zero-order valence-electron chi connectivity index (χ0n) is 10.7. The molecule has 0 aromatic carbocycles. The van der Waals surface area contributed by atoms with Crippen LogP contribution < -0.4 is 11.1 Å². The Balaban J connectivity index is 0. The molecule has 0 radical (unpaired) electrons. The first kappa shape index (κ1) is 19.7. The summed E-state index contributed by atoms with van der Waals surface area (Å²) in [7, 11) is 2.51. The molecular formula is C10H18F3N3O3. The number of amides is 1. The summed E-state index contributed by atoms with van der Waals surface area (Å²) in [5, 5.41) is 9.39. The number of aliphatic hydroxyl groups excluding tert-OH is 1. The number of aliphatic hydroxyl groups is 1. The van der Waals surface area contributed by atoms with E-state index >= 15 is 0 Å². The van der Waals surface area contributed by atoms with Crippen molar-refractivity contribution in [2.75, 3.05) is 27.4 Å². The number of amidine groups is 1. The van der Waals surface area contributed by atoms with E-state index in [4.69, 9.17) is 10.8 Å². The molecule has 0 aromatic rings. The summed E-state index contributed by atoms with van der Waals surface area (Å²) < 4.78 is 40.4. The number of ether oxygens (including phenoxy) is 1. The van der Waals surface area contributed by atoms with Gasteiger partial charge < -0.3 is 20.9 Å². The zero-order chi connectivity index (χ0) is 15.3.